The molecule has 0 spiro atoms. The summed E-state index contributed by atoms with van der Waals surface area (Å²) in [5, 5.41) is 11.7. The van der Waals surface area contributed by atoms with E-state index < -0.39 is 24.3 Å². The predicted molar refractivity (Wildman–Crippen MR) is 287 cm³/mol. The highest BCUT2D eigenvalue weighted by Gasteiger charge is 2.21. The van der Waals surface area contributed by atoms with E-state index in [1.165, 1.54) is 38.5 Å². The number of nitrogens with zero attached hydrogens (tertiary/aromatic N) is 1. The summed E-state index contributed by atoms with van der Waals surface area (Å²) in [5.74, 6) is -2.34. The minimum absolute atomic E-state index is 0.137. The van der Waals surface area contributed by atoms with Crippen molar-refractivity contribution in [3.8, 4) is 0 Å². The SMILES string of the molecule is CC/C=C\C/C=C\C/C=C\C/C=C\C/C=C\C/C=C\C/C=C\C/C=C\C/C=C\C/C=C\CCCCCCC(=O)OC(COC(=O)CCCCCCCCCCC)COC(OCC[N+](C)(C)C)C(=O)[O-]. The van der Waals surface area contributed by atoms with Crippen molar-refractivity contribution in [1.29, 1.82) is 0 Å². The first-order valence-electron chi connectivity index (χ1n) is 26.7. The molecular weight excluding hydrogens is 863 g/mol. The minimum atomic E-state index is -1.63. The second kappa shape index (κ2) is 50.1. The van der Waals surface area contributed by atoms with Crippen LogP contribution < -0.4 is 5.11 Å². The molecule has 0 fully saturated rings. The van der Waals surface area contributed by atoms with Gasteiger partial charge in [-0.15, -0.1) is 0 Å². The lowest BCUT2D eigenvalue weighted by Gasteiger charge is -2.26. The Balaban J connectivity index is 4.26. The van der Waals surface area contributed by atoms with Gasteiger partial charge in [0, 0.05) is 12.8 Å². The van der Waals surface area contributed by atoms with Gasteiger partial charge in [-0.05, 0) is 89.9 Å². The van der Waals surface area contributed by atoms with Crippen LogP contribution in [0.1, 0.15) is 181 Å². The molecule has 9 nitrogen and oxygen atoms in total. The molecule has 0 aliphatic heterocycles. The highest BCUT2D eigenvalue weighted by atomic mass is 16.7. The lowest BCUT2D eigenvalue weighted by Crippen LogP contribution is -2.44. The van der Waals surface area contributed by atoms with E-state index in [0.29, 0.717) is 17.4 Å². The van der Waals surface area contributed by atoms with E-state index in [1.54, 1.807) is 0 Å². The van der Waals surface area contributed by atoms with Gasteiger partial charge < -0.3 is 33.3 Å². The predicted octanol–water partition coefficient (Wildman–Crippen LogP) is 14.0. The second-order valence-corrected chi connectivity index (χ2v) is 18.4. The summed E-state index contributed by atoms with van der Waals surface area (Å²) in [7, 11) is 5.89. The fraction of sp³-hybridized carbons (Fsp3) is 0.617. The number of unbranched alkanes of at least 4 members (excludes halogenated alkanes) is 12. The Hall–Kier alpha value is -4.31. The molecule has 9 heteroatoms. The van der Waals surface area contributed by atoms with Crippen LogP contribution in [0.2, 0.25) is 0 Å². The van der Waals surface area contributed by atoms with Crippen LogP contribution in [0, 0.1) is 0 Å². The molecule has 0 rings (SSSR count). The third-order valence-electron chi connectivity index (χ3n) is 10.7. The molecule has 0 aliphatic rings. The maximum Gasteiger partial charge on any atom is 0.306 e. The van der Waals surface area contributed by atoms with Crippen molar-refractivity contribution in [2.45, 2.75) is 193 Å². The normalized spacial score (nSPS) is 13.8. The van der Waals surface area contributed by atoms with Crippen molar-refractivity contribution < 1.29 is 42.9 Å². The highest BCUT2D eigenvalue weighted by molar-refractivity contribution is 5.70. The van der Waals surface area contributed by atoms with Crippen LogP contribution in [0.25, 0.3) is 0 Å². The van der Waals surface area contributed by atoms with Gasteiger partial charge in [0.1, 0.15) is 13.2 Å². The van der Waals surface area contributed by atoms with E-state index in [-0.39, 0.29) is 38.6 Å². The molecule has 0 heterocycles. The van der Waals surface area contributed by atoms with Crippen molar-refractivity contribution in [3.63, 3.8) is 0 Å². The van der Waals surface area contributed by atoms with Crippen LogP contribution in [-0.2, 0) is 33.3 Å². The molecule has 0 saturated heterocycles. The number of hydrogen-bond acceptors (Lipinski definition) is 8. The third-order valence-corrected chi connectivity index (χ3v) is 10.7. The smallest absolute Gasteiger partial charge is 0.306 e. The Morgan fingerprint density at radius 3 is 1.23 bits per heavy atom. The molecule has 0 aromatic heterocycles. The van der Waals surface area contributed by atoms with Crippen LogP contribution in [0.15, 0.2) is 122 Å². The van der Waals surface area contributed by atoms with Gasteiger partial charge in [0.05, 0.1) is 40.3 Å². The number of carboxylic acid groups (broad SMARTS) is 1. The molecule has 0 saturated carbocycles. The van der Waals surface area contributed by atoms with E-state index in [9.17, 15) is 19.5 Å². The molecule has 0 radical (unpaired) electrons. The van der Waals surface area contributed by atoms with Crippen molar-refractivity contribution >= 4 is 17.9 Å². The summed E-state index contributed by atoms with van der Waals surface area (Å²) < 4.78 is 22.5. The molecule has 69 heavy (non-hydrogen) atoms. The number of aliphatic carboxylic acids is 1. The van der Waals surface area contributed by atoms with Crippen LogP contribution in [0.4, 0.5) is 0 Å². The van der Waals surface area contributed by atoms with Gasteiger partial charge in [-0.3, -0.25) is 9.59 Å². The number of ether oxygens (including phenoxy) is 4. The Labute approximate surface area is 421 Å². The molecule has 2 unspecified atom stereocenters. The van der Waals surface area contributed by atoms with Gasteiger partial charge in [0.25, 0.3) is 0 Å². The number of allylic oxidation sites excluding steroid dienone is 20. The molecule has 2 atom stereocenters. The summed E-state index contributed by atoms with van der Waals surface area (Å²) in [4.78, 5) is 37.0. The summed E-state index contributed by atoms with van der Waals surface area (Å²) >= 11 is 0. The van der Waals surface area contributed by atoms with Crippen molar-refractivity contribution in [3.05, 3.63) is 122 Å². The van der Waals surface area contributed by atoms with E-state index in [4.69, 9.17) is 18.9 Å². The number of carboxylic acids is 1. The minimum Gasteiger partial charge on any atom is -0.545 e. The first kappa shape index (κ1) is 64.7. The monoisotopic (exact) mass is 960 g/mol. The standard InChI is InChI=1S/C60H97NO8/c1-6-8-10-12-14-16-17-18-19-20-21-22-23-24-25-26-27-28-29-30-31-32-33-34-35-36-37-38-39-40-41-43-45-47-49-51-58(63)69-56(55-68-60(59(64)65)66-53-52-61(3,4)5)54-67-57(62)50-48-46-44-42-15-13-11-9-7-2/h8,10,14,16,18-19,21-22,24-25,27-28,30-31,33-34,36-37,39-40,56,60H,6-7,9,11-13,15,17,20,23,26,29,32,35,38,41-55H2,1-5H3/b10-8-,16-14-,19-18-,22-21-,25-24-,28-27-,31-30-,34-33-,37-36-,40-39-. The Morgan fingerprint density at radius 2 is 0.826 bits per heavy atom. The summed E-state index contributed by atoms with van der Waals surface area (Å²) in [6.45, 7) is 4.54. The molecule has 390 valence electrons. The molecular formula is C60H97NO8. The topological polar surface area (TPSA) is 111 Å². The number of quaternary nitrogens is 1. The number of hydrogen-bond donors (Lipinski definition) is 0. The zero-order chi connectivity index (χ0) is 50.6. The van der Waals surface area contributed by atoms with E-state index in [2.05, 4.69) is 135 Å². The fourth-order valence-corrected chi connectivity index (χ4v) is 6.62. The first-order valence-corrected chi connectivity index (χ1v) is 26.7. The van der Waals surface area contributed by atoms with Gasteiger partial charge >= 0.3 is 11.9 Å². The molecule has 0 amide bonds. The van der Waals surface area contributed by atoms with Crippen LogP contribution in [-0.4, -0.2) is 82.3 Å². The van der Waals surface area contributed by atoms with Crippen molar-refractivity contribution in [2.75, 3.05) is 47.5 Å². The van der Waals surface area contributed by atoms with Gasteiger partial charge in [-0.1, -0.05) is 200 Å². The van der Waals surface area contributed by atoms with Gasteiger partial charge in [-0.2, -0.15) is 0 Å². The number of rotatable bonds is 47. The van der Waals surface area contributed by atoms with Crippen LogP contribution in [0.5, 0.6) is 0 Å². The molecule has 0 aliphatic carbocycles. The lowest BCUT2D eigenvalue weighted by atomic mass is 10.1. The highest BCUT2D eigenvalue weighted by Crippen LogP contribution is 2.13. The number of carbonyl (C=O) groups is 3. The maximum atomic E-state index is 12.8. The zero-order valence-corrected chi connectivity index (χ0v) is 44.1. The average molecular weight is 960 g/mol. The Bertz CT molecular complexity index is 1540. The van der Waals surface area contributed by atoms with Crippen LogP contribution in [0.3, 0.4) is 0 Å². The second-order valence-electron chi connectivity index (χ2n) is 18.4. The van der Waals surface area contributed by atoms with Crippen molar-refractivity contribution in [2.24, 2.45) is 0 Å². The Kier molecular flexibility index (Phi) is 47.0. The maximum absolute atomic E-state index is 12.8. The average Bonchev–Trinajstić information content (AvgIpc) is 3.31. The van der Waals surface area contributed by atoms with Gasteiger partial charge in [0.2, 0.25) is 0 Å². The molecule has 0 N–H and O–H groups in total. The first-order chi connectivity index (χ1) is 33.6. The number of esters is 2. The molecule has 0 bridgehead atoms. The Morgan fingerprint density at radius 1 is 0.449 bits per heavy atom. The summed E-state index contributed by atoms with van der Waals surface area (Å²) in [5.41, 5.74) is 0. The van der Waals surface area contributed by atoms with Gasteiger partial charge in [-0.25, -0.2) is 0 Å². The largest absolute Gasteiger partial charge is 0.545 e. The summed E-state index contributed by atoms with van der Waals surface area (Å²) in [6.07, 6.45) is 66.9. The third kappa shape index (κ3) is 51.4. The number of carbonyl (C=O) groups excluding carboxylic acids is 3. The summed E-state index contributed by atoms with van der Waals surface area (Å²) in [6, 6.07) is 0. The van der Waals surface area contributed by atoms with Gasteiger partial charge in [0.15, 0.2) is 12.4 Å². The van der Waals surface area contributed by atoms with Crippen molar-refractivity contribution in [1.82, 2.24) is 0 Å². The van der Waals surface area contributed by atoms with E-state index >= 15 is 0 Å². The number of likely N-dealkylation sites (N-methyl/N-ethyl adjacent to an activating group) is 1. The zero-order valence-electron chi connectivity index (χ0n) is 44.1. The lowest BCUT2D eigenvalue weighted by molar-refractivity contribution is -0.870. The quantitative estimate of drug-likeness (QED) is 0.0195. The van der Waals surface area contributed by atoms with E-state index in [0.717, 1.165) is 109 Å². The molecule has 0 aromatic rings. The molecule has 0 aromatic carbocycles. The van der Waals surface area contributed by atoms with Crippen LogP contribution >= 0.6 is 0 Å². The van der Waals surface area contributed by atoms with E-state index in [1.807, 2.05) is 21.1 Å². The fourth-order valence-electron chi connectivity index (χ4n) is 6.62.